The molecule has 0 bridgehead atoms. The first-order valence-electron chi connectivity index (χ1n) is 24.8. The first kappa shape index (κ1) is 44.2. The summed E-state index contributed by atoms with van der Waals surface area (Å²) in [6.07, 6.45) is 4.70. The zero-order chi connectivity index (χ0) is 46.9. The van der Waals surface area contributed by atoms with Crippen LogP contribution < -0.4 is 26.4 Å². The highest BCUT2D eigenvalue weighted by Crippen LogP contribution is 2.54. The van der Waals surface area contributed by atoms with Gasteiger partial charge in [-0.1, -0.05) is 148 Å². The van der Waals surface area contributed by atoms with E-state index in [-0.39, 0.29) is 44.6 Å². The first-order chi connectivity index (χ1) is 30.0. The monoisotopic (exact) mass is 863 g/mol. The molecule has 10 rings (SSSR count). The number of furan rings is 1. The molecule has 4 aliphatic rings. The van der Waals surface area contributed by atoms with Crippen molar-refractivity contribution in [2.75, 3.05) is 9.80 Å². The van der Waals surface area contributed by atoms with Crippen LogP contribution in [0, 0.1) is 6.92 Å². The Bertz CT molecular complexity index is 2950. The van der Waals surface area contributed by atoms with Crippen molar-refractivity contribution in [2.45, 2.75) is 188 Å². The number of hydrogen-bond donors (Lipinski definition) is 0. The third-order valence-electron chi connectivity index (χ3n) is 16.8. The van der Waals surface area contributed by atoms with Crippen molar-refractivity contribution in [3.05, 3.63) is 123 Å². The van der Waals surface area contributed by atoms with Gasteiger partial charge >= 0.3 is 0 Å². The third kappa shape index (κ3) is 6.71. The van der Waals surface area contributed by atoms with Gasteiger partial charge in [-0.25, -0.2) is 0 Å². The molecule has 65 heavy (non-hydrogen) atoms. The summed E-state index contributed by atoms with van der Waals surface area (Å²) in [6, 6.07) is 32.0. The van der Waals surface area contributed by atoms with E-state index in [4.69, 9.17) is 4.42 Å². The predicted octanol–water partition coefficient (Wildman–Crippen LogP) is 15.4. The summed E-state index contributed by atoms with van der Waals surface area (Å²) in [7, 11) is 0. The summed E-state index contributed by atoms with van der Waals surface area (Å²) in [5, 5.41) is 1.18. The van der Waals surface area contributed by atoms with Gasteiger partial charge < -0.3 is 14.2 Å². The Morgan fingerprint density at radius 1 is 0.477 bits per heavy atom. The molecule has 0 N–H and O–H groups in total. The molecular weight excluding hydrogens is 787 g/mol. The molecule has 1 aromatic heterocycles. The fourth-order valence-electron chi connectivity index (χ4n) is 12.0. The summed E-state index contributed by atoms with van der Waals surface area (Å²) in [6.45, 7) is 43.1. The Labute approximate surface area is 392 Å². The quantitative estimate of drug-likeness (QED) is 0.161. The lowest BCUT2D eigenvalue weighted by Crippen LogP contribution is -2.61. The number of anilines is 6. The largest absolute Gasteiger partial charge is 0.468 e. The number of aryl methyl sites for hydroxylation is 1. The molecule has 0 saturated carbocycles. The Morgan fingerprint density at radius 3 is 1.46 bits per heavy atom. The van der Waals surface area contributed by atoms with E-state index in [1.165, 1.54) is 102 Å². The van der Waals surface area contributed by atoms with Gasteiger partial charge in [-0.05, 0) is 174 Å². The zero-order valence-electron chi connectivity index (χ0n) is 43.2. The normalized spacial score (nSPS) is 19.1. The van der Waals surface area contributed by atoms with Crippen LogP contribution in [0.5, 0.6) is 0 Å². The summed E-state index contributed by atoms with van der Waals surface area (Å²) < 4.78 is 7.46. The average molecular weight is 863 g/mol. The Kier molecular flexibility index (Phi) is 9.31. The number of rotatable bonds is 2. The third-order valence-corrected chi connectivity index (χ3v) is 16.8. The highest BCUT2D eigenvalue weighted by molar-refractivity contribution is 7.00. The topological polar surface area (TPSA) is 19.6 Å². The van der Waals surface area contributed by atoms with Gasteiger partial charge in [0.2, 0.25) is 0 Å². The van der Waals surface area contributed by atoms with E-state index >= 15 is 0 Å². The standard InChI is InChI=1S/C61H75BN2O/c1-36-29-42-44(60(15,16)27-25-58(42,11)12)34-47(36)64-48-35-45-43(59(13,14)26-28-61(45,17)18)33-46(48)62-52-49(31-39(32-50(52)64)57(8,9)10)63(40-22-19-37(20-23-40)55(2,3)4)53-41-30-38(56(5,6)7)21-24-51(41)65-54(53)62/h19-24,29-35H,25-28H2,1-18H3. The van der Waals surface area contributed by atoms with E-state index in [1.54, 1.807) is 0 Å². The molecule has 3 heterocycles. The van der Waals surface area contributed by atoms with Crippen molar-refractivity contribution in [3.8, 4) is 0 Å². The summed E-state index contributed by atoms with van der Waals surface area (Å²) >= 11 is 0. The smallest absolute Gasteiger partial charge is 0.297 e. The number of nitrogens with zero attached hydrogens (tertiary/aromatic N) is 2. The van der Waals surface area contributed by atoms with Crippen LogP contribution in [0.1, 0.15) is 188 Å². The van der Waals surface area contributed by atoms with Crippen molar-refractivity contribution in [2.24, 2.45) is 0 Å². The molecule has 0 atom stereocenters. The Balaban J connectivity index is 1.38. The molecule has 6 aromatic rings. The maximum absolute atomic E-state index is 7.46. The van der Waals surface area contributed by atoms with Gasteiger partial charge in [0.15, 0.2) is 0 Å². The van der Waals surface area contributed by atoms with Crippen LogP contribution in [0.15, 0.2) is 83.3 Å². The minimum absolute atomic E-state index is 0.0252. The van der Waals surface area contributed by atoms with Gasteiger partial charge in [-0.2, -0.15) is 0 Å². The molecule has 0 saturated heterocycles. The Morgan fingerprint density at radius 2 is 0.938 bits per heavy atom. The minimum atomic E-state index is -0.119. The molecule has 0 unspecified atom stereocenters. The average Bonchev–Trinajstić information content (AvgIpc) is 3.58. The fourth-order valence-corrected chi connectivity index (χ4v) is 12.0. The second-order valence-corrected chi connectivity index (χ2v) is 26.5. The maximum atomic E-state index is 7.46. The highest BCUT2D eigenvalue weighted by Gasteiger charge is 2.50. The van der Waals surface area contributed by atoms with Crippen molar-refractivity contribution in [1.82, 2.24) is 0 Å². The predicted molar refractivity (Wildman–Crippen MR) is 282 cm³/mol. The Hall–Kier alpha value is -4.70. The van der Waals surface area contributed by atoms with Crippen LogP contribution in [0.4, 0.5) is 34.1 Å². The second kappa shape index (κ2) is 13.7. The molecular formula is C61H75BN2O. The summed E-state index contributed by atoms with van der Waals surface area (Å²) in [5.41, 5.74) is 23.6. The SMILES string of the molecule is Cc1cc2c(cc1N1c3cc4c(cc3B3c5oc6ccc(C(C)(C)C)cc6c5N(c5ccc(C(C)(C)C)cc5)c5cc(C(C)(C)C)cc1c53)C(C)(C)CCC4(C)C)C(C)(C)CCC2(C)C. The van der Waals surface area contributed by atoms with Crippen LogP contribution in [0.2, 0.25) is 0 Å². The molecule has 0 radical (unpaired) electrons. The van der Waals surface area contributed by atoms with Gasteiger partial charge in [0, 0.05) is 33.8 Å². The van der Waals surface area contributed by atoms with Crippen LogP contribution in [0.3, 0.4) is 0 Å². The van der Waals surface area contributed by atoms with Crippen LogP contribution in [-0.4, -0.2) is 6.71 Å². The lowest BCUT2D eigenvalue weighted by molar-refractivity contribution is 0.331. The number of benzene rings is 5. The number of fused-ring (bicyclic) bond motifs is 8. The fraction of sp³-hybridized carbons (Fsp3) is 0.475. The van der Waals surface area contributed by atoms with Gasteiger partial charge in [0.05, 0.1) is 11.3 Å². The van der Waals surface area contributed by atoms with Crippen molar-refractivity contribution >= 4 is 68.4 Å². The summed E-state index contributed by atoms with van der Waals surface area (Å²) in [5.74, 6) is 0. The van der Waals surface area contributed by atoms with Gasteiger partial charge in [0.1, 0.15) is 5.58 Å². The van der Waals surface area contributed by atoms with Gasteiger partial charge in [-0.15, -0.1) is 0 Å². The van der Waals surface area contributed by atoms with E-state index in [0.717, 1.165) is 29.8 Å². The first-order valence-corrected chi connectivity index (χ1v) is 24.8. The summed E-state index contributed by atoms with van der Waals surface area (Å²) in [4.78, 5) is 5.31. The van der Waals surface area contributed by atoms with E-state index < -0.39 is 0 Å². The van der Waals surface area contributed by atoms with Crippen LogP contribution in [0.25, 0.3) is 11.0 Å². The van der Waals surface area contributed by atoms with Gasteiger partial charge in [0.25, 0.3) is 6.71 Å². The molecule has 3 nitrogen and oxygen atoms in total. The lowest BCUT2D eigenvalue weighted by atomic mass is 9.35. The molecule has 5 aromatic carbocycles. The van der Waals surface area contributed by atoms with Crippen LogP contribution >= 0.6 is 0 Å². The molecule has 4 heteroatoms. The van der Waals surface area contributed by atoms with E-state index in [2.05, 4.69) is 213 Å². The van der Waals surface area contributed by atoms with E-state index in [9.17, 15) is 0 Å². The molecule has 2 aliphatic heterocycles. The molecule has 0 amide bonds. The molecule has 2 aliphatic carbocycles. The second-order valence-electron chi connectivity index (χ2n) is 26.5. The zero-order valence-corrected chi connectivity index (χ0v) is 43.2. The molecule has 0 spiro atoms. The highest BCUT2D eigenvalue weighted by atomic mass is 16.3. The van der Waals surface area contributed by atoms with E-state index in [0.29, 0.717) is 0 Å². The maximum Gasteiger partial charge on any atom is 0.297 e. The minimum Gasteiger partial charge on any atom is -0.468 e. The van der Waals surface area contributed by atoms with Crippen molar-refractivity contribution in [1.29, 1.82) is 0 Å². The van der Waals surface area contributed by atoms with Gasteiger partial charge in [-0.3, -0.25) is 0 Å². The van der Waals surface area contributed by atoms with Crippen molar-refractivity contribution < 1.29 is 4.42 Å². The molecule has 0 fully saturated rings. The van der Waals surface area contributed by atoms with Crippen LogP contribution in [-0.2, 0) is 37.9 Å². The van der Waals surface area contributed by atoms with E-state index in [1.807, 2.05) is 0 Å². The number of hydrogen-bond acceptors (Lipinski definition) is 3. The molecule has 338 valence electrons. The lowest BCUT2D eigenvalue weighted by Gasteiger charge is -2.48. The van der Waals surface area contributed by atoms with Crippen molar-refractivity contribution in [3.63, 3.8) is 0 Å².